The molecule has 0 aromatic heterocycles. The smallest absolute Gasteiger partial charge is 0.330 e. The van der Waals surface area contributed by atoms with Crippen molar-refractivity contribution in [3.05, 3.63) is 0 Å². The molecule has 0 atom stereocenters. The normalized spacial score (nSPS) is 20.5. The van der Waals surface area contributed by atoms with E-state index in [1.807, 2.05) is 0 Å². The molecule has 84 valence electrons. The Labute approximate surface area is 87.6 Å². The maximum atomic E-state index is 11.8. The highest BCUT2D eigenvalue weighted by Crippen LogP contribution is 2.22. The van der Waals surface area contributed by atoms with Crippen molar-refractivity contribution in [1.82, 2.24) is 10.2 Å². The van der Waals surface area contributed by atoms with Gasteiger partial charge >= 0.3 is 6.03 Å². The van der Waals surface area contributed by atoms with Gasteiger partial charge in [-0.1, -0.05) is 0 Å². The number of carbonyl (C=O) groups excluding carboxylic acids is 3. The topological polar surface area (TPSA) is 75.7 Å². The van der Waals surface area contributed by atoms with Crippen molar-refractivity contribution in [2.75, 3.05) is 20.3 Å². The van der Waals surface area contributed by atoms with Gasteiger partial charge in [0.2, 0.25) is 11.8 Å². The van der Waals surface area contributed by atoms with Gasteiger partial charge in [-0.15, -0.1) is 0 Å². The summed E-state index contributed by atoms with van der Waals surface area (Å²) in [5, 5.41) is 2.13. The first kappa shape index (κ1) is 11.6. The maximum absolute atomic E-state index is 11.8. The van der Waals surface area contributed by atoms with E-state index in [0.29, 0.717) is 0 Å². The minimum atomic E-state index is -1.19. The summed E-state index contributed by atoms with van der Waals surface area (Å²) in [6.07, 6.45) is 0. The third-order valence-electron chi connectivity index (χ3n) is 2.33. The summed E-state index contributed by atoms with van der Waals surface area (Å²) in [5.41, 5.74) is -1.19. The van der Waals surface area contributed by atoms with E-state index >= 15 is 0 Å². The molecular formula is C9H14N2O4. The minimum Gasteiger partial charge on any atom is -0.383 e. The van der Waals surface area contributed by atoms with Crippen LogP contribution in [0.1, 0.15) is 13.8 Å². The molecule has 0 aromatic carbocycles. The Morgan fingerprint density at radius 3 is 2.47 bits per heavy atom. The second-order valence-electron chi connectivity index (χ2n) is 3.83. The second kappa shape index (κ2) is 3.98. The maximum Gasteiger partial charge on any atom is 0.330 e. The highest BCUT2D eigenvalue weighted by Gasteiger charge is 2.46. The van der Waals surface area contributed by atoms with Crippen LogP contribution in [0, 0.1) is 5.41 Å². The van der Waals surface area contributed by atoms with Crippen molar-refractivity contribution < 1.29 is 19.1 Å². The predicted octanol–water partition coefficient (Wildman–Crippen LogP) is -0.263. The first-order valence-electron chi connectivity index (χ1n) is 4.57. The third kappa shape index (κ3) is 1.99. The van der Waals surface area contributed by atoms with Crippen molar-refractivity contribution in [2.45, 2.75) is 13.8 Å². The van der Waals surface area contributed by atoms with E-state index in [0.717, 1.165) is 4.90 Å². The molecule has 0 unspecified atom stereocenters. The van der Waals surface area contributed by atoms with Gasteiger partial charge in [0.15, 0.2) is 0 Å². The number of nitrogens with one attached hydrogen (secondary N) is 1. The van der Waals surface area contributed by atoms with Crippen molar-refractivity contribution in [3.8, 4) is 0 Å². The Hall–Kier alpha value is -1.43. The van der Waals surface area contributed by atoms with Crippen LogP contribution in [0.5, 0.6) is 0 Å². The summed E-state index contributed by atoms with van der Waals surface area (Å²) in [6.45, 7) is 3.37. The number of nitrogens with zero attached hydrogens (tertiary/aromatic N) is 1. The molecule has 0 spiro atoms. The summed E-state index contributed by atoms with van der Waals surface area (Å²) >= 11 is 0. The molecule has 15 heavy (non-hydrogen) atoms. The van der Waals surface area contributed by atoms with Crippen LogP contribution in [0.3, 0.4) is 0 Å². The summed E-state index contributed by atoms with van der Waals surface area (Å²) in [4.78, 5) is 35.4. The highest BCUT2D eigenvalue weighted by molar-refractivity contribution is 6.18. The molecule has 0 bridgehead atoms. The molecule has 0 aliphatic carbocycles. The zero-order valence-electron chi connectivity index (χ0n) is 8.99. The lowest BCUT2D eigenvalue weighted by Crippen LogP contribution is -2.62. The van der Waals surface area contributed by atoms with Crippen LogP contribution in [-0.4, -0.2) is 43.0 Å². The van der Waals surface area contributed by atoms with Crippen LogP contribution in [0.15, 0.2) is 0 Å². The third-order valence-corrected chi connectivity index (χ3v) is 2.33. The van der Waals surface area contributed by atoms with Crippen molar-refractivity contribution in [1.29, 1.82) is 0 Å². The molecule has 1 N–H and O–H groups in total. The van der Waals surface area contributed by atoms with E-state index in [-0.39, 0.29) is 13.2 Å². The first-order valence-corrected chi connectivity index (χ1v) is 4.57. The largest absolute Gasteiger partial charge is 0.383 e. The summed E-state index contributed by atoms with van der Waals surface area (Å²) < 4.78 is 4.78. The fraction of sp³-hybridized carbons (Fsp3) is 0.667. The van der Waals surface area contributed by atoms with Gasteiger partial charge in [-0.3, -0.25) is 19.8 Å². The average Bonchev–Trinajstić information content (AvgIpc) is 2.16. The quantitative estimate of drug-likeness (QED) is 0.656. The van der Waals surface area contributed by atoms with E-state index in [2.05, 4.69) is 5.32 Å². The van der Waals surface area contributed by atoms with Crippen LogP contribution in [0.25, 0.3) is 0 Å². The van der Waals surface area contributed by atoms with E-state index in [1.54, 1.807) is 0 Å². The lowest BCUT2D eigenvalue weighted by atomic mass is 9.89. The van der Waals surface area contributed by atoms with Crippen LogP contribution in [0.2, 0.25) is 0 Å². The Morgan fingerprint density at radius 2 is 1.93 bits per heavy atom. The van der Waals surface area contributed by atoms with Gasteiger partial charge in [-0.05, 0) is 13.8 Å². The fourth-order valence-corrected chi connectivity index (χ4v) is 1.23. The Kier molecular flexibility index (Phi) is 3.09. The number of imide groups is 2. The van der Waals surface area contributed by atoms with Gasteiger partial charge in [0, 0.05) is 7.11 Å². The van der Waals surface area contributed by atoms with Gasteiger partial charge in [-0.2, -0.15) is 0 Å². The number of amides is 4. The number of ether oxygens (including phenoxy) is 1. The van der Waals surface area contributed by atoms with Crippen LogP contribution < -0.4 is 5.32 Å². The minimum absolute atomic E-state index is 0.151. The van der Waals surface area contributed by atoms with Crippen molar-refractivity contribution in [3.63, 3.8) is 0 Å². The summed E-state index contributed by atoms with van der Waals surface area (Å²) in [7, 11) is 1.47. The SMILES string of the molecule is COCCN1C(=O)NC(=O)C(C)(C)C1=O. The van der Waals surface area contributed by atoms with E-state index in [9.17, 15) is 14.4 Å². The summed E-state index contributed by atoms with van der Waals surface area (Å²) in [5.74, 6) is -1.06. The van der Waals surface area contributed by atoms with Crippen molar-refractivity contribution >= 4 is 17.8 Å². The molecule has 1 saturated heterocycles. The molecule has 6 nitrogen and oxygen atoms in total. The number of hydrogen-bond acceptors (Lipinski definition) is 4. The Morgan fingerprint density at radius 1 is 1.33 bits per heavy atom. The average molecular weight is 214 g/mol. The molecule has 0 radical (unpaired) electrons. The predicted molar refractivity (Wildman–Crippen MR) is 50.9 cm³/mol. The molecule has 0 saturated carbocycles. The lowest BCUT2D eigenvalue weighted by Gasteiger charge is -2.34. The molecule has 6 heteroatoms. The van der Waals surface area contributed by atoms with E-state index in [1.165, 1.54) is 21.0 Å². The molecule has 0 aromatic rings. The van der Waals surface area contributed by atoms with Crippen LogP contribution in [-0.2, 0) is 14.3 Å². The zero-order chi connectivity index (χ0) is 11.6. The van der Waals surface area contributed by atoms with Crippen LogP contribution in [0.4, 0.5) is 4.79 Å². The molecule has 4 amide bonds. The number of methoxy groups -OCH3 is 1. The Bertz CT molecular complexity index is 311. The highest BCUT2D eigenvalue weighted by atomic mass is 16.5. The van der Waals surface area contributed by atoms with Gasteiger partial charge in [0.1, 0.15) is 5.41 Å². The number of carbonyl (C=O) groups is 3. The molecule has 1 aliphatic heterocycles. The number of rotatable bonds is 3. The molecule has 1 rings (SSSR count). The van der Waals surface area contributed by atoms with Gasteiger partial charge in [-0.25, -0.2) is 4.79 Å². The summed E-state index contributed by atoms with van der Waals surface area (Å²) in [6, 6.07) is -0.679. The molecule has 1 aliphatic rings. The standard InChI is InChI=1S/C9H14N2O4/c1-9(2)6(12)10-8(14)11(7(9)13)4-5-15-3/h4-5H2,1-3H3,(H,10,12,14). The van der Waals surface area contributed by atoms with Gasteiger partial charge < -0.3 is 4.74 Å². The zero-order valence-corrected chi connectivity index (χ0v) is 8.99. The molecule has 1 heterocycles. The number of hydrogen-bond donors (Lipinski definition) is 1. The van der Waals surface area contributed by atoms with E-state index < -0.39 is 23.3 Å². The van der Waals surface area contributed by atoms with E-state index in [4.69, 9.17) is 4.74 Å². The van der Waals surface area contributed by atoms with Crippen LogP contribution >= 0.6 is 0 Å². The Balaban J connectivity index is 2.84. The monoisotopic (exact) mass is 214 g/mol. The van der Waals surface area contributed by atoms with Gasteiger partial charge in [0.25, 0.3) is 0 Å². The van der Waals surface area contributed by atoms with Crippen molar-refractivity contribution in [2.24, 2.45) is 5.41 Å². The fourth-order valence-electron chi connectivity index (χ4n) is 1.23. The van der Waals surface area contributed by atoms with Gasteiger partial charge in [0.05, 0.1) is 13.2 Å². The molecule has 1 fully saturated rings. The lowest BCUT2D eigenvalue weighted by molar-refractivity contribution is -0.149. The molecular weight excluding hydrogens is 200 g/mol. The second-order valence-corrected chi connectivity index (χ2v) is 3.83. The number of urea groups is 1. The number of barbiturate groups is 1. The first-order chi connectivity index (χ1) is 6.91.